The number of phenolic OH excluding ortho intramolecular Hbond substituents is 1. The van der Waals surface area contributed by atoms with Gasteiger partial charge in [0.1, 0.15) is 5.75 Å². The van der Waals surface area contributed by atoms with Gasteiger partial charge in [0.05, 0.1) is 5.69 Å². The van der Waals surface area contributed by atoms with Crippen LogP contribution in [0.15, 0.2) is 81.4 Å². The van der Waals surface area contributed by atoms with Gasteiger partial charge in [-0.1, -0.05) is 36.4 Å². The Morgan fingerprint density at radius 3 is 2.17 bits per heavy atom. The number of aromatic hydroxyl groups is 1. The molecule has 0 unspecified atom stereocenters. The Balaban J connectivity index is 0.000000471. The van der Waals surface area contributed by atoms with E-state index in [1.807, 2.05) is 30.3 Å². The molecule has 0 aliphatic carbocycles. The van der Waals surface area contributed by atoms with Gasteiger partial charge in [0.15, 0.2) is 0 Å². The molecule has 0 saturated carbocycles. The second kappa shape index (κ2) is 10.3. The van der Waals surface area contributed by atoms with E-state index in [-0.39, 0.29) is 16.6 Å². The molecule has 0 fully saturated rings. The van der Waals surface area contributed by atoms with Crippen molar-refractivity contribution in [1.29, 1.82) is 0 Å². The summed E-state index contributed by atoms with van der Waals surface area (Å²) >= 11 is -1.92. The van der Waals surface area contributed by atoms with Crippen LogP contribution in [0, 0.1) is 0 Å². The second-order valence-electron chi connectivity index (χ2n) is 4.61. The number of hydrogen-bond donors (Lipinski definition) is 2. The van der Waals surface area contributed by atoms with Gasteiger partial charge in [-0.3, -0.25) is 4.99 Å². The summed E-state index contributed by atoms with van der Waals surface area (Å²) in [7, 11) is 14.5. The zero-order valence-electron chi connectivity index (χ0n) is 12.5. The van der Waals surface area contributed by atoms with Crippen molar-refractivity contribution in [3.05, 3.63) is 77.1 Å². The topological polar surface area (TPSA) is 32.6 Å². The number of para-hydroxylation sites is 2. The number of rotatable bonds is 3. The number of halogens is 3. The maximum atomic E-state index is 9.76. The minimum absolute atomic E-state index is 0.250. The molecule has 3 rings (SSSR count). The molecule has 1 aliphatic rings. The van der Waals surface area contributed by atoms with Crippen LogP contribution in [0.5, 0.6) is 5.75 Å². The summed E-state index contributed by atoms with van der Waals surface area (Å²) in [5.41, 5.74) is 1.69. The Hall–Kier alpha value is -0.676. The van der Waals surface area contributed by atoms with Gasteiger partial charge in [0.2, 0.25) is 0 Å². The predicted molar refractivity (Wildman–Crippen MR) is 105 cm³/mol. The van der Waals surface area contributed by atoms with E-state index in [9.17, 15) is 5.11 Å². The van der Waals surface area contributed by atoms with Crippen molar-refractivity contribution < 1.29 is 19.8 Å². The molecule has 0 bridgehead atoms. The Morgan fingerprint density at radius 2 is 1.50 bits per heavy atom. The van der Waals surface area contributed by atoms with E-state index in [1.54, 1.807) is 18.3 Å². The first kappa shape index (κ1) is 19.6. The van der Waals surface area contributed by atoms with Gasteiger partial charge in [0, 0.05) is 16.7 Å². The molecule has 0 atom stereocenters. The van der Waals surface area contributed by atoms with Gasteiger partial charge in [-0.2, -0.15) is 10.9 Å². The van der Waals surface area contributed by atoms with E-state index in [2.05, 4.69) is 34.0 Å². The van der Waals surface area contributed by atoms with Gasteiger partial charge in [-0.05, 0) is 35.1 Å². The summed E-state index contributed by atoms with van der Waals surface area (Å²) in [6.07, 6.45) is 5.87. The summed E-state index contributed by atoms with van der Waals surface area (Å²) in [5, 5.41) is 14.2. The van der Waals surface area contributed by atoms with Gasteiger partial charge in [-0.15, -0.1) is 0 Å². The molecule has 2 nitrogen and oxygen atoms in total. The number of hydrogen-bond acceptors (Lipinski definition) is 2. The van der Waals surface area contributed by atoms with Crippen molar-refractivity contribution in [2.45, 2.75) is 4.90 Å². The Morgan fingerprint density at radius 1 is 0.917 bits per heavy atom. The summed E-state index contributed by atoms with van der Waals surface area (Å²) in [5.74, 6) is 0.250. The van der Waals surface area contributed by atoms with E-state index < -0.39 is 14.7 Å². The van der Waals surface area contributed by atoms with Gasteiger partial charge in [-0.25, -0.2) is 0 Å². The van der Waals surface area contributed by atoms with E-state index in [0.717, 1.165) is 11.3 Å². The second-order valence-corrected chi connectivity index (χ2v) is 14.2. The standard InChI is InChI=1S/C17H15NOS.3ClH.Ti/c19-16-9-3-1-7-14(16)13-18-15-8-2-4-10-17(15)20-11-5-6-12-20;;;;/h1-13,19-20H;3*1H;/q;;;;+3/p-3. The number of allylic oxidation sites excluding steroid dienone is 2. The van der Waals surface area contributed by atoms with Crippen LogP contribution in [-0.4, -0.2) is 11.3 Å². The van der Waals surface area contributed by atoms with Crippen LogP contribution in [0.4, 0.5) is 5.69 Å². The zero-order chi connectivity index (χ0) is 17.4. The average Bonchev–Trinajstić information content (AvgIpc) is 3.08. The molecule has 2 aromatic rings. The van der Waals surface area contributed by atoms with Crippen molar-refractivity contribution in [2.24, 2.45) is 4.99 Å². The van der Waals surface area contributed by atoms with Crippen molar-refractivity contribution in [2.75, 3.05) is 0 Å². The van der Waals surface area contributed by atoms with Crippen molar-refractivity contribution in [3.63, 3.8) is 0 Å². The fourth-order valence-corrected chi connectivity index (χ4v) is 3.67. The van der Waals surface area contributed by atoms with Crippen LogP contribution in [-0.2, 0) is 14.7 Å². The van der Waals surface area contributed by atoms with Crippen LogP contribution in [0.1, 0.15) is 5.56 Å². The molecule has 2 aromatic carbocycles. The zero-order valence-corrected chi connectivity index (χ0v) is 17.2. The van der Waals surface area contributed by atoms with E-state index in [0.29, 0.717) is 0 Å². The van der Waals surface area contributed by atoms with Crippen LogP contribution >= 0.6 is 38.8 Å². The van der Waals surface area contributed by atoms with Crippen molar-refractivity contribution in [1.82, 2.24) is 0 Å². The maximum absolute atomic E-state index is 9.76. The van der Waals surface area contributed by atoms with Crippen LogP contribution in [0.25, 0.3) is 0 Å². The minimum atomic E-state index is -1.92. The molecule has 0 saturated heterocycles. The number of nitrogens with zero attached hydrogens (tertiary/aromatic N) is 1. The third-order valence-electron chi connectivity index (χ3n) is 3.04. The first-order chi connectivity index (χ1) is 11.6. The number of phenols is 1. The van der Waals surface area contributed by atoms with Crippen molar-refractivity contribution in [3.8, 4) is 5.75 Å². The number of aliphatic imine (C=N–C) groups is 1. The number of benzene rings is 2. The third-order valence-corrected chi connectivity index (χ3v) is 4.97. The molecule has 0 amide bonds. The quantitative estimate of drug-likeness (QED) is 0.317. The molecular formula is C17H15Cl3NOSTi. The van der Waals surface area contributed by atoms with E-state index in [1.165, 1.54) is 4.90 Å². The van der Waals surface area contributed by atoms with Crippen molar-refractivity contribution >= 4 is 50.7 Å². The fraction of sp³-hybridized carbons (Fsp3) is 0. The molecule has 0 radical (unpaired) electrons. The van der Waals surface area contributed by atoms with Gasteiger partial charge < -0.3 is 5.11 Å². The van der Waals surface area contributed by atoms with Crippen LogP contribution in [0.3, 0.4) is 0 Å². The summed E-state index contributed by atoms with van der Waals surface area (Å²) in [6.45, 7) is 0. The molecule has 7 heteroatoms. The molecule has 0 spiro atoms. The fourth-order valence-electron chi connectivity index (χ4n) is 2.02. The van der Waals surface area contributed by atoms with E-state index in [4.69, 9.17) is 27.9 Å². The number of thiol groups is 1. The van der Waals surface area contributed by atoms with Gasteiger partial charge >= 0.3 is 42.6 Å². The Kier molecular flexibility index (Phi) is 8.47. The Labute approximate surface area is 162 Å². The average molecular weight is 436 g/mol. The summed E-state index contributed by atoms with van der Waals surface area (Å²) < 4.78 is 0. The molecule has 0 aromatic heterocycles. The molecular weight excluding hydrogens is 420 g/mol. The Bertz CT molecular complexity index is 750. The SMILES string of the molecule is Oc1ccccc1C=Nc1ccccc1[SH]1C=CC=C1.[Cl][Ti]([Cl])[Cl]. The van der Waals surface area contributed by atoms with Gasteiger partial charge in [0.25, 0.3) is 0 Å². The molecule has 24 heavy (non-hydrogen) atoms. The van der Waals surface area contributed by atoms with Crippen LogP contribution < -0.4 is 0 Å². The molecule has 1 aliphatic heterocycles. The predicted octanol–water partition coefficient (Wildman–Crippen LogP) is 6.61. The first-order valence-electron chi connectivity index (χ1n) is 6.96. The first-order valence-corrected chi connectivity index (χ1v) is 14.9. The molecule has 1 heterocycles. The molecule has 1 N–H and O–H groups in total. The van der Waals surface area contributed by atoms with Crippen LogP contribution in [0.2, 0.25) is 0 Å². The normalized spacial score (nSPS) is 13.9. The summed E-state index contributed by atoms with van der Waals surface area (Å²) in [4.78, 5) is 5.78. The molecule has 125 valence electrons. The summed E-state index contributed by atoms with van der Waals surface area (Å²) in [6, 6.07) is 15.4. The van der Waals surface area contributed by atoms with E-state index >= 15 is 0 Å². The monoisotopic (exact) mass is 434 g/mol. The third kappa shape index (κ3) is 6.32.